The number of hydrogen-bond donors (Lipinski definition) is 4. The molecule has 1 aromatic heterocycles. The van der Waals surface area contributed by atoms with E-state index >= 15 is 0 Å². The summed E-state index contributed by atoms with van der Waals surface area (Å²) in [5.74, 6) is -2.66. The molecule has 1 heterocycles. The Balaban J connectivity index is 1.88. The second kappa shape index (κ2) is 10.2. The normalized spacial score (nSPS) is 11.4. The Morgan fingerprint density at radius 1 is 1.03 bits per heavy atom. The van der Waals surface area contributed by atoms with Crippen molar-refractivity contribution >= 4 is 23.7 Å². The zero-order valence-corrected chi connectivity index (χ0v) is 17.8. The average molecular weight is 449 g/mol. The number of benzene rings is 2. The number of carboxylic acid groups (broad SMARTS) is 1. The molecule has 0 aliphatic heterocycles. The first-order chi connectivity index (χ1) is 15.7. The summed E-state index contributed by atoms with van der Waals surface area (Å²) in [7, 11) is 0. The topological polar surface area (TPSA) is 156 Å². The summed E-state index contributed by atoms with van der Waals surface area (Å²) in [6.07, 6.45) is -1.06. The van der Waals surface area contributed by atoms with Gasteiger partial charge < -0.3 is 21.5 Å². The molecule has 5 N–H and O–H groups in total. The third-order valence-corrected chi connectivity index (χ3v) is 4.81. The fraction of sp³-hybridized carbons (Fsp3) is 0.174. The number of hydrogen-bond acceptors (Lipinski definition) is 5. The van der Waals surface area contributed by atoms with Gasteiger partial charge in [0.2, 0.25) is 5.78 Å². The zero-order chi connectivity index (χ0) is 24.0. The molecule has 0 radical (unpaired) electrons. The summed E-state index contributed by atoms with van der Waals surface area (Å²) in [5.41, 5.74) is 7.83. The monoisotopic (exact) mass is 449 g/mol. The van der Waals surface area contributed by atoms with Crippen molar-refractivity contribution in [1.29, 1.82) is 0 Å². The lowest BCUT2D eigenvalue weighted by Crippen LogP contribution is -2.47. The minimum absolute atomic E-state index is 0.0806. The second-order valence-corrected chi connectivity index (χ2v) is 7.36. The minimum atomic E-state index is -1.15. The molecule has 0 aliphatic carbocycles. The van der Waals surface area contributed by atoms with Crippen LogP contribution < -0.4 is 16.4 Å². The van der Waals surface area contributed by atoms with Crippen molar-refractivity contribution in [3.8, 4) is 5.69 Å². The molecule has 3 amide bonds. The molecule has 10 nitrogen and oxygen atoms in total. The van der Waals surface area contributed by atoms with Crippen LogP contribution in [0, 0.1) is 6.92 Å². The van der Waals surface area contributed by atoms with Crippen molar-refractivity contribution in [2.45, 2.75) is 25.9 Å². The molecule has 0 bridgehead atoms. The van der Waals surface area contributed by atoms with Crippen molar-refractivity contribution in [2.24, 2.45) is 5.73 Å². The highest BCUT2D eigenvalue weighted by atomic mass is 16.4. The van der Waals surface area contributed by atoms with Crippen molar-refractivity contribution in [2.75, 3.05) is 0 Å². The summed E-state index contributed by atoms with van der Waals surface area (Å²) >= 11 is 0. The van der Waals surface area contributed by atoms with Crippen molar-refractivity contribution in [3.63, 3.8) is 0 Å². The maximum Gasteiger partial charge on any atom is 0.404 e. The Labute approximate surface area is 189 Å². The molecule has 0 fully saturated rings. The number of ketones is 1. The third-order valence-electron chi connectivity index (χ3n) is 4.81. The first-order valence-corrected chi connectivity index (χ1v) is 10.1. The molecule has 1 atom stereocenters. The van der Waals surface area contributed by atoms with Gasteiger partial charge in [0.25, 0.3) is 11.8 Å². The Morgan fingerprint density at radius 3 is 2.39 bits per heavy atom. The standard InChI is InChI=1S/C23H23N5O5/c1-14-10-19(28(27-14)17-9-5-8-16(11-17)13-25-23(32)33)22(31)26-18(20(29)21(24)30)12-15-6-3-2-4-7-15/h2-11,18,25H,12-13H2,1H3,(H2,24,30)(H,26,31)(H,32,33). The number of aromatic nitrogens is 2. The van der Waals surface area contributed by atoms with Crippen molar-refractivity contribution in [1.82, 2.24) is 20.4 Å². The van der Waals surface area contributed by atoms with Gasteiger partial charge in [-0.05, 0) is 36.2 Å². The van der Waals surface area contributed by atoms with Crippen LogP contribution in [-0.2, 0) is 22.6 Å². The van der Waals surface area contributed by atoms with Crippen LogP contribution in [0.5, 0.6) is 0 Å². The van der Waals surface area contributed by atoms with E-state index in [0.717, 1.165) is 5.56 Å². The van der Waals surface area contributed by atoms with Crippen LogP contribution in [0.4, 0.5) is 4.79 Å². The molecule has 0 spiro atoms. The Morgan fingerprint density at radius 2 is 1.73 bits per heavy atom. The number of nitrogens with one attached hydrogen (secondary N) is 2. The molecule has 33 heavy (non-hydrogen) atoms. The van der Waals surface area contributed by atoms with E-state index in [4.69, 9.17) is 10.8 Å². The maximum atomic E-state index is 13.1. The van der Waals surface area contributed by atoms with E-state index in [-0.39, 0.29) is 18.7 Å². The largest absolute Gasteiger partial charge is 0.465 e. The van der Waals surface area contributed by atoms with Gasteiger partial charge in [-0.2, -0.15) is 5.10 Å². The van der Waals surface area contributed by atoms with Crippen LogP contribution in [0.25, 0.3) is 5.69 Å². The number of carbonyl (C=O) groups is 4. The first kappa shape index (κ1) is 23.2. The van der Waals surface area contributed by atoms with Gasteiger partial charge in [-0.1, -0.05) is 42.5 Å². The predicted molar refractivity (Wildman–Crippen MR) is 119 cm³/mol. The molecule has 2 aromatic carbocycles. The van der Waals surface area contributed by atoms with Gasteiger partial charge in [-0.25, -0.2) is 9.48 Å². The number of amides is 3. The van der Waals surface area contributed by atoms with Gasteiger partial charge in [0.1, 0.15) is 11.7 Å². The van der Waals surface area contributed by atoms with E-state index in [2.05, 4.69) is 15.7 Å². The summed E-state index contributed by atoms with van der Waals surface area (Å²) in [6.45, 7) is 1.79. The molecule has 3 rings (SSSR count). The highest BCUT2D eigenvalue weighted by Crippen LogP contribution is 2.15. The number of carbonyl (C=O) groups excluding carboxylic acids is 3. The Hall–Kier alpha value is -4.47. The van der Waals surface area contributed by atoms with Crippen LogP contribution in [0.3, 0.4) is 0 Å². The molecular formula is C23H23N5O5. The fourth-order valence-electron chi connectivity index (χ4n) is 3.30. The SMILES string of the molecule is Cc1cc(C(=O)NC(Cc2ccccc2)C(=O)C(N)=O)n(-c2cccc(CNC(=O)O)c2)n1. The van der Waals surface area contributed by atoms with Gasteiger partial charge >= 0.3 is 6.09 Å². The molecule has 3 aromatic rings. The third kappa shape index (κ3) is 6.03. The molecule has 170 valence electrons. The first-order valence-electron chi connectivity index (χ1n) is 10.1. The molecule has 0 saturated heterocycles. The highest BCUT2D eigenvalue weighted by molar-refractivity contribution is 6.38. The zero-order valence-electron chi connectivity index (χ0n) is 17.8. The van der Waals surface area contributed by atoms with Crippen LogP contribution in [0.15, 0.2) is 60.7 Å². The quantitative estimate of drug-likeness (QED) is 0.361. The fourth-order valence-corrected chi connectivity index (χ4v) is 3.30. The van der Waals surface area contributed by atoms with Crippen LogP contribution >= 0.6 is 0 Å². The number of Topliss-reactive ketones (excluding diaryl/α,β-unsaturated/α-hetero) is 1. The van der Waals surface area contributed by atoms with Gasteiger partial charge in [0.05, 0.1) is 11.4 Å². The predicted octanol–water partition coefficient (Wildman–Crippen LogP) is 1.34. The number of nitrogens with zero attached hydrogens (tertiary/aromatic N) is 2. The van der Waals surface area contributed by atoms with Gasteiger partial charge in [0.15, 0.2) is 0 Å². The Kier molecular flexibility index (Phi) is 7.19. The molecule has 0 saturated carbocycles. The van der Waals surface area contributed by atoms with E-state index in [1.54, 1.807) is 61.5 Å². The second-order valence-electron chi connectivity index (χ2n) is 7.36. The van der Waals surface area contributed by atoms with Crippen LogP contribution in [-0.4, -0.2) is 44.6 Å². The van der Waals surface area contributed by atoms with E-state index in [1.807, 2.05) is 6.07 Å². The molecule has 1 unspecified atom stereocenters. The van der Waals surface area contributed by atoms with E-state index < -0.39 is 29.7 Å². The number of nitrogens with two attached hydrogens (primary N) is 1. The number of aryl methyl sites for hydroxylation is 1. The lowest BCUT2D eigenvalue weighted by Gasteiger charge is -2.17. The maximum absolute atomic E-state index is 13.1. The average Bonchev–Trinajstić information content (AvgIpc) is 3.19. The smallest absolute Gasteiger partial charge is 0.404 e. The van der Waals surface area contributed by atoms with E-state index in [1.165, 1.54) is 4.68 Å². The molecule has 0 aliphatic rings. The number of rotatable bonds is 9. The lowest BCUT2D eigenvalue weighted by molar-refractivity contribution is -0.137. The van der Waals surface area contributed by atoms with Gasteiger partial charge in [-0.15, -0.1) is 0 Å². The molecule has 10 heteroatoms. The summed E-state index contributed by atoms with van der Waals surface area (Å²) < 4.78 is 1.39. The van der Waals surface area contributed by atoms with E-state index in [9.17, 15) is 19.2 Å². The highest BCUT2D eigenvalue weighted by Gasteiger charge is 2.27. The van der Waals surface area contributed by atoms with Crippen LogP contribution in [0.1, 0.15) is 27.3 Å². The summed E-state index contributed by atoms with van der Waals surface area (Å²) in [6, 6.07) is 16.2. The Bertz CT molecular complexity index is 1190. The molecular weight excluding hydrogens is 426 g/mol. The van der Waals surface area contributed by atoms with Crippen molar-refractivity contribution < 1.29 is 24.3 Å². The van der Waals surface area contributed by atoms with Gasteiger partial charge in [-0.3, -0.25) is 14.4 Å². The summed E-state index contributed by atoms with van der Waals surface area (Å²) in [5, 5.41) is 18.0. The van der Waals surface area contributed by atoms with Crippen LogP contribution in [0.2, 0.25) is 0 Å². The minimum Gasteiger partial charge on any atom is -0.465 e. The lowest BCUT2D eigenvalue weighted by atomic mass is 10.0. The van der Waals surface area contributed by atoms with Gasteiger partial charge in [0, 0.05) is 13.0 Å². The summed E-state index contributed by atoms with van der Waals surface area (Å²) in [4.78, 5) is 47.8. The van der Waals surface area contributed by atoms with E-state index in [0.29, 0.717) is 16.9 Å². The number of primary amides is 1. The van der Waals surface area contributed by atoms with Crippen molar-refractivity contribution in [3.05, 3.63) is 83.2 Å².